The molecule has 0 radical (unpaired) electrons. The summed E-state index contributed by atoms with van der Waals surface area (Å²) in [7, 11) is 0. The zero-order valence-corrected chi connectivity index (χ0v) is 10.0. The van der Waals surface area contributed by atoms with Crippen molar-refractivity contribution in [3.8, 4) is 0 Å². The van der Waals surface area contributed by atoms with Crippen LogP contribution in [0.4, 0.5) is 0 Å². The van der Waals surface area contributed by atoms with Gasteiger partial charge in [-0.3, -0.25) is 4.79 Å². The highest BCUT2D eigenvalue weighted by atomic mass is 16.5. The van der Waals surface area contributed by atoms with Crippen molar-refractivity contribution >= 4 is 5.91 Å². The standard InChI is InChI=1S/C11H22N2O3/c1-8(2)5-9(14)6-13-11(15)10-7-12-3-4-16-10/h8-10,12,14H,3-7H2,1-2H3,(H,13,15). The number of aliphatic hydroxyl groups is 1. The molecule has 1 amide bonds. The molecule has 1 saturated heterocycles. The summed E-state index contributed by atoms with van der Waals surface area (Å²) in [5.74, 6) is 0.287. The summed E-state index contributed by atoms with van der Waals surface area (Å²) in [6.07, 6.45) is -0.190. The molecule has 94 valence electrons. The van der Waals surface area contributed by atoms with Crippen LogP contribution >= 0.6 is 0 Å². The Balaban J connectivity index is 2.18. The van der Waals surface area contributed by atoms with Crippen LogP contribution in [0.1, 0.15) is 20.3 Å². The Kier molecular flexibility index (Phi) is 5.73. The molecule has 1 rings (SSSR count). The van der Waals surface area contributed by atoms with Crippen LogP contribution in [0, 0.1) is 5.92 Å². The molecular weight excluding hydrogens is 208 g/mol. The Labute approximate surface area is 96.6 Å². The molecule has 1 fully saturated rings. The molecule has 0 saturated carbocycles. The average molecular weight is 230 g/mol. The van der Waals surface area contributed by atoms with Gasteiger partial charge >= 0.3 is 0 Å². The second kappa shape index (κ2) is 6.83. The normalized spacial score (nSPS) is 23.1. The fourth-order valence-corrected chi connectivity index (χ4v) is 1.69. The lowest BCUT2D eigenvalue weighted by atomic mass is 10.1. The molecule has 0 spiro atoms. The van der Waals surface area contributed by atoms with Crippen molar-refractivity contribution < 1.29 is 14.6 Å². The summed E-state index contributed by atoms with van der Waals surface area (Å²) in [5.41, 5.74) is 0. The average Bonchev–Trinajstić information content (AvgIpc) is 2.26. The Morgan fingerprint density at radius 3 is 2.94 bits per heavy atom. The van der Waals surface area contributed by atoms with E-state index in [1.54, 1.807) is 0 Å². The number of hydrogen-bond acceptors (Lipinski definition) is 4. The Hall–Kier alpha value is -0.650. The van der Waals surface area contributed by atoms with Crippen LogP contribution in [0.3, 0.4) is 0 Å². The first-order chi connectivity index (χ1) is 7.59. The number of ether oxygens (including phenoxy) is 1. The topological polar surface area (TPSA) is 70.6 Å². The SMILES string of the molecule is CC(C)CC(O)CNC(=O)C1CNCCO1. The minimum absolute atomic E-state index is 0.144. The highest BCUT2D eigenvalue weighted by Gasteiger charge is 2.21. The molecule has 0 bridgehead atoms. The van der Waals surface area contributed by atoms with Gasteiger partial charge in [0.15, 0.2) is 0 Å². The smallest absolute Gasteiger partial charge is 0.250 e. The van der Waals surface area contributed by atoms with Crippen molar-refractivity contribution in [2.24, 2.45) is 5.92 Å². The van der Waals surface area contributed by atoms with Crippen molar-refractivity contribution in [3.63, 3.8) is 0 Å². The fraction of sp³-hybridized carbons (Fsp3) is 0.909. The lowest BCUT2D eigenvalue weighted by molar-refractivity contribution is -0.134. The van der Waals surface area contributed by atoms with E-state index in [-0.39, 0.29) is 5.91 Å². The molecule has 2 atom stereocenters. The summed E-state index contributed by atoms with van der Waals surface area (Å²) < 4.78 is 5.30. The van der Waals surface area contributed by atoms with Crippen LogP contribution in [-0.2, 0) is 9.53 Å². The van der Waals surface area contributed by atoms with Gasteiger partial charge in [0.25, 0.3) is 5.91 Å². The second-order valence-electron chi connectivity index (χ2n) is 4.59. The number of carbonyl (C=O) groups excluding carboxylic acids is 1. The minimum Gasteiger partial charge on any atom is -0.391 e. The fourth-order valence-electron chi connectivity index (χ4n) is 1.69. The molecule has 16 heavy (non-hydrogen) atoms. The Bertz CT molecular complexity index is 215. The minimum atomic E-state index is -0.472. The summed E-state index contributed by atoms with van der Waals surface area (Å²) in [5, 5.41) is 15.4. The van der Waals surface area contributed by atoms with E-state index in [4.69, 9.17) is 4.74 Å². The van der Waals surface area contributed by atoms with Crippen LogP contribution in [0.15, 0.2) is 0 Å². The van der Waals surface area contributed by atoms with Crippen LogP contribution < -0.4 is 10.6 Å². The molecule has 0 aliphatic carbocycles. The van der Waals surface area contributed by atoms with Gasteiger partial charge in [0, 0.05) is 19.6 Å². The first-order valence-corrected chi connectivity index (χ1v) is 5.87. The van der Waals surface area contributed by atoms with Crippen LogP contribution in [0.25, 0.3) is 0 Å². The van der Waals surface area contributed by atoms with Crippen LogP contribution in [0.2, 0.25) is 0 Å². The van der Waals surface area contributed by atoms with Gasteiger partial charge in [-0.15, -0.1) is 0 Å². The van der Waals surface area contributed by atoms with Crippen LogP contribution in [0.5, 0.6) is 0 Å². The van der Waals surface area contributed by atoms with Gasteiger partial charge in [0.05, 0.1) is 12.7 Å². The molecule has 3 N–H and O–H groups in total. The van der Waals surface area contributed by atoms with Gasteiger partial charge in [-0.05, 0) is 12.3 Å². The van der Waals surface area contributed by atoms with Gasteiger partial charge in [0.1, 0.15) is 6.10 Å². The van der Waals surface area contributed by atoms with Crippen molar-refractivity contribution in [2.75, 3.05) is 26.2 Å². The molecule has 0 aromatic rings. The second-order valence-corrected chi connectivity index (χ2v) is 4.59. The lowest BCUT2D eigenvalue weighted by Gasteiger charge is -2.23. The third kappa shape index (κ3) is 4.92. The van der Waals surface area contributed by atoms with Crippen molar-refractivity contribution in [1.29, 1.82) is 0 Å². The predicted molar refractivity (Wildman–Crippen MR) is 61.1 cm³/mol. The number of nitrogens with one attached hydrogen (secondary N) is 2. The van der Waals surface area contributed by atoms with Gasteiger partial charge < -0.3 is 20.5 Å². The monoisotopic (exact) mass is 230 g/mol. The summed E-state index contributed by atoms with van der Waals surface area (Å²) >= 11 is 0. The van der Waals surface area contributed by atoms with Crippen LogP contribution in [-0.4, -0.2) is 49.5 Å². The van der Waals surface area contributed by atoms with Gasteiger partial charge in [0.2, 0.25) is 0 Å². The van der Waals surface area contributed by atoms with E-state index < -0.39 is 12.2 Å². The maximum Gasteiger partial charge on any atom is 0.250 e. The highest BCUT2D eigenvalue weighted by molar-refractivity contribution is 5.81. The van der Waals surface area contributed by atoms with Gasteiger partial charge in [-0.1, -0.05) is 13.8 Å². The van der Waals surface area contributed by atoms with E-state index in [0.29, 0.717) is 32.0 Å². The van der Waals surface area contributed by atoms with E-state index in [9.17, 15) is 9.90 Å². The molecule has 2 unspecified atom stereocenters. The number of rotatable bonds is 5. The van der Waals surface area contributed by atoms with Crippen molar-refractivity contribution in [2.45, 2.75) is 32.5 Å². The summed E-state index contributed by atoms with van der Waals surface area (Å²) in [4.78, 5) is 11.6. The molecule has 1 aliphatic heterocycles. The Morgan fingerprint density at radius 1 is 1.62 bits per heavy atom. The highest BCUT2D eigenvalue weighted by Crippen LogP contribution is 2.03. The summed E-state index contributed by atoms with van der Waals surface area (Å²) in [6.45, 7) is 6.29. The first-order valence-electron chi connectivity index (χ1n) is 5.87. The van der Waals surface area contributed by atoms with E-state index in [1.807, 2.05) is 13.8 Å². The molecule has 1 aliphatic rings. The molecule has 5 heteroatoms. The molecule has 0 aromatic heterocycles. The maximum atomic E-state index is 11.6. The zero-order valence-electron chi connectivity index (χ0n) is 10.0. The third-order valence-electron chi connectivity index (χ3n) is 2.48. The van der Waals surface area contributed by atoms with E-state index in [2.05, 4.69) is 10.6 Å². The quantitative estimate of drug-likeness (QED) is 0.595. The molecule has 0 aromatic carbocycles. The number of hydrogen-bond donors (Lipinski definition) is 3. The molecule has 1 heterocycles. The van der Waals surface area contributed by atoms with Crippen molar-refractivity contribution in [3.05, 3.63) is 0 Å². The van der Waals surface area contributed by atoms with Gasteiger partial charge in [-0.2, -0.15) is 0 Å². The number of carbonyl (C=O) groups is 1. The number of amides is 1. The maximum absolute atomic E-state index is 11.6. The first kappa shape index (κ1) is 13.4. The molecule has 5 nitrogen and oxygen atoms in total. The summed E-state index contributed by atoms with van der Waals surface area (Å²) in [6, 6.07) is 0. The van der Waals surface area contributed by atoms with E-state index >= 15 is 0 Å². The Morgan fingerprint density at radius 2 is 2.38 bits per heavy atom. The predicted octanol–water partition coefficient (Wildman–Crippen LogP) is -0.502. The van der Waals surface area contributed by atoms with E-state index in [0.717, 1.165) is 6.54 Å². The zero-order chi connectivity index (χ0) is 12.0. The third-order valence-corrected chi connectivity index (χ3v) is 2.48. The number of aliphatic hydroxyl groups excluding tert-OH is 1. The largest absolute Gasteiger partial charge is 0.391 e. The van der Waals surface area contributed by atoms with Gasteiger partial charge in [-0.25, -0.2) is 0 Å². The lowest BCUT2D eigenvalue weighted by Crippen LogP contribution is -2.49. The number of morpholine rings is 1. The van der Waals surface area contributed by atoms with Crippen molar-refractivity contribution in [1.82, 2.24) is 10.6 Å². The molecular formula is C11H22N2O3. The van der Waals surface area contributed by atoms with E-state index in [1.165, 1.54) is 0 Å².